The summed E-state index contributed by atoms with van der Waals surface area (Å²) in [5.41, 5.74) is 0.317. The number of alkyl halides is 1. The summed E-state index contributed by atoms with van der Waals surface area (Å²) in [4.78, 5) is 27.4. The molecule has 3 rings (SSSR count). The third-order valence-electron chi connectivity index (χ3n) is 4.03. The Labute approximate surface area is 169 Å². The van der Waals surface area contributed by atoms with E-state index in [4.69, 9.17) is 14.6 Å². The maximum atomic E-state index is 13.4. The molecule has 0 aliphatic heterocycles. The quantitative estimate of drug-likeness (QED) is 0.593. The summed E-state index contributed by atoms with van der Waals surface area (Å²) in [5, 5.41) is 11.4. The molecule has 154 valence electrons. The van der Waals surface area contributed by atoms with Crippen molar-refractivity contribution in [1.82, 2.24) is 4.98 Å². The van der Waals surface area contributed by atoms with Crippen LogP contribution >= 0.6 is 0 Å². The number of carboxylic acids is 1. The van der Waals surface area contributed by atoms with E-state index in [1.165, 1.54) is 55.8 Å². The second-order valence-electron chi connectivity index (χ2n) is 6.05. The number of aromatic carboxylic acids is 1. The zero-order chi connectivity index (χ0) is 21.7. The van der Waals surface area contributed by atoms with Gasteiger partial charge in [0.2, 0.25) is 0 Å². The Bertz CT molecular complexity index is 1090. The van der Waals surface area contributed by atoms with Gasteiger partial charge in [0.05, 0.1) is 24.6 Å². The Morgan fingerprint density at radius 1 is 1.07 bits per heavy atom. The summed E-state index contributed by atoms with van der Waals surface area (Å²) in [6, 6.07) is 10.4. The summed E-state index contributed by atoms with van der Waals surface area (Å²) in [6.45, 7) is -0.796. The van der Waals surface area contributed by atoms with Gasteiger partial charge in [-0.25, -0.2) is 18.6 Å². The molecule has 3 aromatic rings. The van der Waals surface area contributed by atoms with Gasteiger partial charge in [-0.1, -0.05) is 6.07 Å². The predicted molar refractivity (Wildman–Crippen MR) is 103 cm³/mol. The largest absolute Gasteiger partial charge is 0.493 e. The van der Waals surface area contributed by atoms with Crippen LogP contribution in [0.4, 0.5) is 14.5 Å². The summed E-state index contributed by atoms with van der Waals surface area (Å²) >= 11 is 0. The summed E-state index contributed by atoms with van der Waals surface area (Å²) < 4.78 is 37.4. The molecule has 1 amide bonds. The lowest BCUT2D eigenvalue weighted by Gasteiger charge is -2.14. The van der Waals surface area contributed by atoms with Crippen molar-refractivity contribution in [2.45, 2.75) is 6.67 Å². The lowest BCUT2D eigenvalue weighted by Crippen LogP contribution is -2.14. The number of carbonyl (C=O) groups excluding carboxylic acids is 1. The van der Waals surface area contributed by atoms with Gasteiger partial charge < -0.3 is 19.9 Å². The van der Waals surface area contributed by atoms with E-state index in [0.717, 1.165) is 6.07 Å². The van der Waals surface area contributed by atoms with Crippen molar-refractivity contribution in [2.24, 2.45) is 0 Å². The third-order valence-corrected chi connectivity index (χ3v) is 4.03. The van der Waals surface area contributed by atoms with E-state index < -0.39 is 24.4 Å². The third kappa shape index (κ3) is 4.69. The topological polar surface area (TPSA) is 97.8 Å². The van der Waals surface area contributed by atoms with Gasteiger partial charge in [-0.05, 0) is 42.0 Å². The van der Waals surface area contributed by atoms with Crippen molar-refractivity contribution in [3.63, 3.8) is 0 Å². The normalized spacial score (nSPS) is 10.4. The van der Waals surface area contributed by atoms with E-state index in [2.05, 4.69) is 10.3 Å². The van der Waals surface area contributed by atoms with Gasteiger partial charge in [-0.2, -0.15) is 0 Å². The average molecular weight is 414 g/mol. The number of nitrogens with one attached hydrogen (secondary N) is 1. The number of amides is 1. The number of carboxylic acid groups (broad SMARTS) is 1. The van der Waals surface area contributed by atoms with Crippen LogP contribution in [0.5, 0.6) is 17.2 Å². The molecule has 0 aliphatic carbocycles. The van der Waals surface area contributed by atoms with Crippen LogP contribution in [0.25, 0.3) is 0 Å². The number of benzene rings is 2. The lowest BCUT2D eigenvalue weighted by molar-refractivity contribution is 0.0690. The molecule has 0 fully saturated rings. The molecular formula is C21H16F2N2O5. The van der Waals surface area contributed by atoms with E-state index in [1.54, 1.807) is 0 Å². The van der Waals surface area contributed by atoms with Gasteiger partial charge in [0.25, 0.3) is 5.91 Å². The first kappa shape index (κ1) is 20.7. The van der Waals surface area contributed by atoms with E-state index >= 15 is 0 Å². The number of nitrogens with zero attached hydrogens (tertiary/aromatic N) is 1. The molecule has 0 saturated carbocycles. The number of aromatic nitrogens is 1. The van der Waals surface area contributed by atoms with E-state index in [-0.39, 0.29) is 39.8 Å². The highest BCUT2D eigenvalue weighted by Crippen LogP contribution is 2.34. The number of ether oxygens (including phenoxy) is 2. The molecule has 0 radical (unpaired) electrons. The zero-order valence-corrected chi connectivity index (χ0v) is 15.7. The number of rotatable bonds is 7. The highest BCUT2D eigenvalue weighted by atomic mass is 19.1. The second-order valence-corrected chi connectivity index (χ2v) is 6.05. The molecule has 0 atom stereocenters. The van der Waals surface area contributed by atoms with Crippen LogP contribution in [0.1, 0.15) is 26.4 Å². The van der Waals surface area contributed by atoms with Gasteiger partial charge in [-0.15, -0.1) is 0 Å². The Hall–Kier alpha value is -4.01. The minimum atomic E-state index is -1.20. The maximum absolute atomic E-state index is 13.4. The fourth-order valence-electron chi connectivity index (χ4n) is 2.56. The predicted octanol–water partition coefficient (Wildman–Crippen LogP) is 4.44. The maximum Gasteiger partial charge on any atom is 0.354 e. The standard InChI is InChI=1S/C21H16F2N2O5/c1-29-19-9-13(23)3-7-18(19)30-17-6-2-12(10-22)8-15(17)20(26)25-14-4-5-16(21(27)28)24-11-14/h2-9,11H,10H2,1H3,(H,25,26)(H,27,28). The molecule has 1 aromatic heterocycles. The van der Waals surface area contributed by atoms with Gasteiger partial charge in [0.15, 0.2) is 11.5 Å². The molecular weight excluding hydrogens is 398 g/mol. The first-order chi connectivity index (χ1) is 14.4. The Kier molecular flexibility index (Phi) is 6.21. The SMILES string of the molecule is COc1cc(F)ccc1Oc1ccc(CF)cc1C(=O)Nc1ccc(C(=O)O)nc1. The number of hydrogen-bond donors (Lipinski definition) is 2. The Morgan fingerprint density at radius 3 is 2.47 bits per heavy atom. The number of methoxy groups -OCH3 is 1. The molecule has 9 heteroatoms. The lowest BCUT2D eigenvalue weighted by atomic mass is 10.1. The molecule has 0 spiro atoms. The Balaban J connectivity index is 1.91. The minimum absolute atomic E-state index is 0.0128. The van der Waals surface area contributed by atoms with Crippen LogP contribution in [0.3, 0.4) is 0 Å². The molecule has 1 heterocycles. The van der Waals surface area contributed by atoms with Crippen molar-refractivity contribution in [3.8, 4) is 17.2 Å². The summed E-state index contributed by atoms with van der Waals surface area (Å²) in [5.74, 6) is -2.00. The molecule has 7 nitrogen and oxygen atoms in total. The highest BCUT2D eigenvalue weighted by molar-refractivity contribution is 6.06. The van der Waals surface area contributed by atoms with Crippen LogP contribution in [0, 0.1) is 5.82 Å². The van der Waals surface area contributed by atoms with Crippen molar-refractivity contribution in [2.75, 3.05) is 12.4 Å². The van der Waals surface area contributed by atoms with Crippen LogP contribution in [-0.2, 0) is 6.67 Å². The van der Waals surface area contributed by atoms with Crippen LogP contribution in [-0.4, -0.2) is 29.1 Å². The molecule has 2 aromatic carbocycles. The zero-order valence-electron chi connectivity index (χ0n) is 15.7. The molecule has 2 N–H and O–H groups in total. The van der Waals surface area contributed by atoms with Crippen molar-refractivity contribution in [3.05, 3.63) is 77.4 Å². The number of carbonyl (C=O) groups is 2. The number of hydrogen-bond acceptors (Lipinski definition) is 5. The van der Waals surface area contributed by atoms with Crippen molar-refractivity contribution in [1.29, 1.82) is 0 Å². The van der Waals surface area contributed by atoms with Gasteiger partial charge >= 0.3 is 5.97 Å². The molecule has 0 aliphatic rings. The van der Waals surface area contributed by atoms with Gasteiger partial charge in [0.1, 0.15) is 23.9 Å². The van der Waals surface area contributed by atoms with Crippen LogP contribution < -0.4 is 14.8 Å². The number of pyridine rings is 1. The fraction of sp³-hybridized carbons (Fsp3) is 0.0952. The first-order valence-corrected chi connectivity index (χ1v) is 8.62. The number of anilines is 1. The minimum Gasteiger partial charge on any atom is -0.493 e. The first-order valence-electron chi connectivity index (χ1n) is 8.62. The summed E-state index contributed by atoms with van der Waals surface area (Å²) in [6.07, 6.45) is 1.18. The van der Waals surface area contributed by atoms with Gasteiger partial charge in [0, 0.05) is 6.07 Å². The van der Waals surface area contributed by atoms with Gasteiger partial charge in [-0.3, -0.25) is 4.79 Å². The molecule has 0 bridgehead atoms. The molecule has 0 saturated heterocycles. The smallest absolute Gasteiger partial charge is 0.354 e. The van der Waals surface area contributed by atoms with Crippen molar-refractivity contribution >= 4 is 17.6 Å². The molecule has 0 unspecified atom stereocenters. The van der Waals surface area contributed by atoms with E-state index in [9.17, 15) is 18.4 Å². The van der Waals surface area contributed by atoms with Crippen molar-refractivity contribution < 1.29 is 33.0 Å². The van der Waals surface area contributed by atoms with Crippen LogP contribution in [0.2, 0.25) is 0 Å². The highest BCUT2D eigenvalue weighted by Gasteiger charge is 2.17. The average Bonchev–Trinajstić information content (AvgIpc) is 2.75. The van der Waals surface area contributed by atoms with E-state index in [1.807, 2.05) is 0 Å². The monoisotopic (exact) mass is 414 g/mol. The second kappa shape index (κ2) is 8.99. The number of halogens is 2. The Morgan fingerprint density at radius 2 is 1.83 bits per heavy atom. The van der Waals surface area contributed by atoms with E-state index in [0.29, 0.717) is 0 Å². The fourth-order valence-corrected chi connectivity index (χ4v) is 2.56. The molecule has 30 heavy (non-hydrogen) atoms. The van der Waals surface area contributed by atoms with Crippen LogP contribution in [0.15, 0.2) is 54.7 Å². The summed E-state index contributed by atoms with van der Waals surface area (Å²) in [7, 11) is 1.34.